The van der Waals surface area contributed by atoms with E-state index in [1.54, 1.807) is 0 Å². The van der Waals surface area contributed by atoms with Crippen LogP contribution in [0, 0.1) is 19.8 Å². The van der Waals surface area contributed by atoms with Crippen LogP contribution in [0.2, 0.25) is 0 Å². The van der Waals surface area contributed by atoms with Crippen molar-refractivity contribution in [1.82, 2.24) is 0 Å². The van der Waals surface area contributed by atoms with Gasteiger partial charge in [-0.15, -0.1) is 0 Å². The van der Waals surface area contributed by atoms with E-state index >= 15 is 0 Å². The molecule has 1 aliphatic rings. The Morgan fingerprint density at radius 2 is 2.26 bits per heavy atom. The second-order valence-corrected chi connectivity index (χ2v) is 5.60. The summed E-state index contributed by atoms with van der Waals surface area (Å²) in [7, 11) is 0. The first-order valence-corrected chi connectivity index (χ1v) is 7.05. The minimum atomic E-state index is 0.0787. The number of hydrogen-bond donors (Lipinski definition) is 1. The number of nitrogens with one attached hydrogen (secondary N) is 1. The summed E-state index contributed by atoms with van der Waals surface area (Å²) in [5, 5.41) is 3.00. The van der Waals surface area contributed by atoms with E-state index in [0.29, 0.717) is 6.42 Å². The molecule has 1 aromatic carbocycles. The molecule has 2 rings (SSSR count). The van der Waals surface area contributed by atoms with E-state index in [4.69, 9.17) is 4.74 Å². The van der Waals surface area contributed by atoms with Gasteiger partial charge in [0.2, 0.25) is 5.91 Å². The van der Waals surface area contributed by atoms with Crippen LogP contribution in [-0.2, 0) is 9.53 Å². The lowest BCUT2D eigenvalue weighted by molar-refractivity contribution is -0.117. The summed E-state index contributed by atoms with van der Waals surface area (Å²) in [6.45, 7) is 7.01. The molecule has 1 saturated heterocycles. The molecule has 1 aromatic rings. The molecule has 1 amide bonds. The molecule has 2 atom stereocenters. The number of benzene rings is 1. The minimum absolute atomic E-state index is 0.0787. The molecule has 0 aliphatic carbocycles. The highest BCUT2D eigenvalue weighted by atomic mass is 16.5. The van der Waals surface area contributed by atoms with Crippen LogP contribution in [0.25, 0.3) is 0 Å². The standard InChI is InChI=1S/C16H23NO2/c1-11-6-7-14(12(2)9-11)17-16(18)10-13(3)15-5-4-8-19-15/h6-7,9,13,15H,4-5,8,10H2,1-3H3,(H,17,18)/t13-,15-/m1/s1. The Morgan fingerprint density at radius 3 is 2.89 bits per heavy atom. The van der Waals surface area contributed by atoms with Gasteiger partial charge in [0.25, 0.3) is 0 Å². The van der Waals surface area contributed by atoms with Crippen LogP contribution in [0.4, 0.5) is 5.69 Å². The number of amides is 1. The monoisotopic (exact) mass is 261 g/mol. The second kappa shape index (κ2) is 6.20. The average molecular weight is 261 g/mol. The number of ether oxygens (including phenoxy) is 1. The molecular formula is C16H23NO2. The topological polar surface area (TPSA) is 38.3 Å². The quantitative estimate of drug-likeness (QED) is 0.901. The Hall–Kier alpha value is -1.35. The van der Waals surface area contributed by atoms with E-state index in [0.717, 1.165) is 30.7 Å². The maximum atomic E-state index is 12.1. The normalized spacial score (nSPS) is 20.3. The fraction of sp³-hybridized carbons (Fsp3) is 0.562. The average Bonchev–Trinajstić information content (AvgIpc) is 2.86. The number of carbonyl (C=O) groups excluding carboxylic acids is 1. The van der Waals surface area contributed by atoms with Gasteiger partial charge in [0.1, 0.15) is 0 Å². The Balaban J connectivity index is 1.89. The largest absolute Gasteiger partial charge is 0.378 e. The number of aryl methyl sites for hydroxylation is 2. The first kappa shape index (κ1) is 14.1. The lowest BCUT2D eigenvalue weighted by atomic mass is 9.98. The molecule has 1 fully saturated rings. The van der Waals surface area contributed by atoms with E-state index in [9.17, 15) is 4.79 Å². The van der Waals surface area contributed by atoms with Crippen molar-refractivity contribution in [3.63, 3.8) is 0 Å². The molecule has 0 aromatic heterocycles. The maximum Gasteiger partial charge on any atom is 0.224 e. The maximum absolute atomic E-state index is 12.1. The Bertz CT molecular complexity index is 450. The molecule has 1 aliphatic heterocycles. The van der Waals surface area contributed by atoms with Gasteiger partial charge in [-0.05, 0) is 44.2 Å². The van der Waals surface area contributed by atoms with Crippen molar-refractivity contribution in [3.05, 3.63) is 29.3 Å². The smallest absolute Gasteiger partial charge is 0.224 e. The van der Waals surface area contributed by atoms with Crippen LogP contribution in [0.5, 0.6) is 0 Å². The zero-order valence-corrected chi connectivity index (χ0v) is 12.0. The van der Waals surface area contributed by atoms with E-state index in [1.807, 2.05) is 19.1 Å². The molecule has 1 N–H and O–H groups in total. The van der Waals surface area contributed by atoms with Gasteiger partial charge in [-0.3, -0.25) is 4.79 Å². The first-order chi connectivity index (χ1) is 9.06. The summed E-state index contributed by atoms with van der Waals surface area (Å²) in [6.07, 6.45) is 2.98. The zero-order chi connectivity index (χ0) is 13.8. The predicted molar refractivity (Wildman–Crippen MR) is 77.3 cm³/mol. The van der Waals surface area contributed by atoms with E-state index in [1.165, 1.54) is 5.56 Å². The Labute approximate surface area is 115 Å². The molecule has 0 spiro atoms. The zero-order valence-electron chi connectivity index (χ0n) is 12.0. The minimum Gasteiger partial charge on any atom is -0.378 e. The van der Waals surface area contributed by atoms with Crippen LogP contribution in [0.1, 0.15) is 37.3 Å². The van der Waals surface area contributed by atoms with Gasteiger partial charge in [0, 0.05) is 18.7 Å². The number of anilines is 1. The third-order valence-corrected chi connectivity index (χ3v) is 3.76. The molecule has 0 saturated carbocycles. The fourth-order valence-corrected chi connectivity index (χ4v) is 2.63. The summed E-state index contributed by atoms with van der Waals surface area (Å²) >= 11 is 0. The van der Waals surface area contributed by atoms with Crippen molar-refractivity contribution in [2.24, 2.45) is 5.92 Å². The fourth-order valence-electron chi connectivity index (χ4n) is 2.63. The number of rotatable bonds is 4. The molecule has 3 heteroatoms. The van der Waals surface area contributed by atoms with E-state index in [-0.39, 0.29) is 17.9 Å². The summed E-state index contributed by atoms with van der Waals surface area (Å²) in [4.78, 5) is 12.1. The van der Waals surface area contributed by atoms with Crippen molar-refractivity contribution in [3.8, 4) is 0 Å². The molecule has 19 heavy (non-hydrogen) atoms. The highest BCUT2D eigenvalue weighted by Crippen LogP contribution is 2.23. The molecule has 104 valence electrons. The SMILES string of the molecule is Cc1ccc(NC(=O)C[C@@H](C)[C@H]2CCCO2)c(C)c1. The Kier molecular flexibility index (Phi) is 4.59. The Morgan fingerprint density at radius 1 is 1.47 bits per heavy atom. The summed E-state index contributed by atoms with van der Waals surface area (Å²) in [5.74, 6) is 0.364. The second-order valence-electron chi connectivity index (χ2n) is 5.60. The first-order valence-electron chi connectivity index (χ1n) is 7.05. The summed E-state index contributed by atoms with van der Waals surface area (Å²) < 4.78 is 5.63. The van der Waals surface area contributed by atoms with Crippen molar-refractivity contribution < 1.29 is 9.53 Å². The summed E-state index contributed by atoms with van der Waals surface area (Å²) in [5.41, 5.74) is 3.23. The molecule has 3 nitrogen and oxygen atoms in total. The van der Waals surface area contributed by atoms with Crippen LogP contribution in [0.15, 0.2) is 18.2 Å². The predicted octanol–water partition coefficient (Wildman–Crippen LogP) is 3.45. The van der Waals surface area contributed by atoms with Crippen molar-refractivity contribution in [1.29, 1.82) is 0 Å². The summed E-state index contributed by atoms with van der Waals surface area (Å²) in [6, 6.07) is 6.07. The number of carbonyl (C=O) groups is 1. The van der Waals surface area contributed by atoms with Gasteiger partial charge < -0.3 is 10.1 Å². The highest BCUT2D eigenvalue weighted by molar-refractivity contribution is 5.91. The van der Waals surface area contributed by atoms with Crippen molar-refractivity contribution in [2.75, 3.05) is 11.9 Å². The lowest BCUT2D eigenvalue weighted by Gasteiger charge is -2.18. The number of hydrogen-bond acceptors (Lipinski definition) is 2. The van der Waals surface area contributed by atoms with E-state index in [2.05, 4.69) is 25.2 Å². The van der Waals surface area contributed by atoms with Gasteiger partial charge in [-0.2, -0.15) is 0 Å². The van der Waals surface area contributed by atoms with Gasteiger partial charge >= 0.3 is 0 Å². The van der Waals surface area contributed by atoms with E-state index < -0.39 is 0 Å². The molecular weight excluding hydrogens is 238 g/mol. The molecule has 0 unspecified atom stereocenters. The van der Waals surface area contributed by atoms with Crippen LogP contribution >= 0.6 is 0 Å². The van der Waals surface area contributed by atoms with Crippen molar-refractivity contribution >= 4 is 11.6 Å². The molecule has 0 radical (unpaired) electrons. The lowest BCUT2D eigenvalue weighted by Crippen LogP contribution is -2.23. The third kappa shape index (κ3) is 3.80. The molecule has 1 heterocycles. The van der Waals surface area contributed by atoms with Gasteiger partial charge in [-0.1, -0.05) is 24.6 Å². The van der Waals surface area contributed by atoms with Crippen LogP contribution < -0.4 is 5.32 Å². The van der Waals surface area contributed by atoms with Crippen LogP contribution in [-0.4, -0.2) is 18.6 Å². The van der Waals surface area contributed by atoms with Gasteiger partial charge in [0.15, 0.2) is 0 Å². The van der Waals surface area contributed by atoms with Gasteiger partial charge in [-0.25, -0.2) is 0 Å². The van der Waals surface area contributed by atoms with Crippen LogP contribution in [0.3, 0.4) is 0 Å². The van der Waals surface area contributed by atoms with Gasteiger partial charge in [0.05, 0.1) is 6.10 Å². The molecule has 0 bridgehead atoms. The third-order valence-electron chi connectivity index (χ3n) is 3.76. The van der Waals surface area contributed by atoms with Crippen molar-refractivity contribution in [2.45, 2.75) is 46.1 Å². The highest BCUT2D eigenvalue weighted by Gasteiger charge is 2.24.